The smallest absolute Gasteiger partial charge is 0.263 e. The summed E-state index contributed by atoms with van der Waals surface area (Å²) in [5.41, 5.74) is 1.80. The summed E-state index contributed by atoms with van der Waals surface area (Å²) in [6.07, 6.45) is 1.33. The zero-order chi connectivity index (χ0) is 20.2. The van der Waals surface area contributed by atoms with Gasteiger partial charge in [0.1, 0.15) is 5.75 Å². The van der Waals surface area contributed by atoms with Crippen LogP contribution in [0.25, 0.3) is 11.3 Å². The second-order valence-corrected chi connectivity index (χ2v) is 8.61. The maximum absolute atomic E-state index is 12.6. The van der Waals surface area contributed by atoms with Crippen molar-refractivity contribution in [3.05, 3.63) is 52.0 Å². The van der Waals surface area contributed by atoms with Crippen LogP contribution in [0.2, 0.25) is 0 Å². The third-order valence-electron chi connectivity index (χ3n) is 5.01. The summed E-state index contributed by atoms with van der Waals surface area (Å²) >= 11 is 2.86. The third-order valence-corrected chi connectivity index (χ3v) is 6.62. The lowest BCUT2D eigenvalue weighted by molar-refractivity contribution is -0.121. The first-order valence-electron chi connectivity index (χ1n) is 9.37. The molecule has 150 valence electrons. The summed E-state index contributed by atoms with van der Waals surface area (Å²) < 4.78 is 5.17. The summed E-state index contributed by atoms with van der Waals surface area (Å²) in [4.78, 5) is 32.2. The number of carbonyl (C=O) groups excluding carboxylic acids is 2. The molecule has 3 aromatic rings. The van der Waals surface area contributed by atoms with Gasteiger partial charge in [-0.25, -0.2) is 4.98 Å². The van der Waals surface area contributed by atoms with Crippen LogP contribution in [0.4, 0.5) is 5.13 Å². The first-order valence-corrected chi connectivity index (χ1v) is 11.1. The first-order chi connectivity index (χ1) is 14.1. The van der Waals surface area contributed by atoms with Gasteiger partial charge in [0.2, 0.25) is 5.91 Å². The number of thiazole rings is 1. The van der Waals surface area contributed by atoms with E-state index in [9.17, 15) is 9.59 Å². The van der Waals surface area contributed by atoms with Gasteiger partial charge in [0, 0.05) is 30.0 Å². The van der Waals surface area contributed by atoms with Crippen LogP contribution >= 0.6 is 22.7 Å². The van der Waals surface area contributed by atoms with Crippen LogP contribution in [0.1, 0.15) is 22.5 Å². The predicted octanol–water partition coefficient (Wildman–Crippen LogP) is 4.37. The molecule has 0 bridgehead atoms. The van der Waals surface area contributed by atoms with Crippen LogP contribution in [0.15, 0.2) is 47.2 Å². The second-order valence-electron chi connectivity index (χ2n) is 6.80. The van der Waals surface area contributed by atoms with Gasteiger partial charge in [0.15, 0.2) is 5.13 Å². The van der Waals surface area contributed by atoms with Gasteiger partial charge < -0.3 is 15.0 Å². The zero-order valence-electron chi connectivity index (χ0n) is 16.0. The number of hydrogen-bond acceptors (Lipinski definition) is 6. The Balaban J connectivity index is 1.32. The lowest BCUT2D eigenvalue weighted by Gasteiger charge is -2.30. The minimum Gasteiger partial charge on any atom is -0.497 e. The highest BCUT2D eigenvalue weighted by Gasteiger charge is 2.28. The minimum atomic E-state index is -0.101. The number of ether oxygens (including phenoxy) is 1. The molecule has 4 rings (SSSR count). The zero-order valence-corrected chi connectivity index (χ0v) is 17.6. The van der Waals surface area contributed by atoms with E-state index in [1.807, 2.05) is 52.1 Å². The number of hydrogen-bond donors (Lipinski definition) is 1. The largest absolute Gasteiger partial charge is 0.497 e. The van der Waals surface area contributed by atoms with Crippen LogP contribution in [0.5, 0.6) is 5.75 Å². The number of amides is 2. The summed E-state index contributed by atoms with van der Waals surface area (Å²) in [6, 6.07) is 11.4. The molecule has 0 atom stereocenters. The van der Waals surface area contributed by atoms with Gasteiger partial charge in [0.05, 0.1) is 17.7 Å². The van der Waals surface area contributed by atoms with E-state index in [1.54, 1.807) is 7.11 Å². The predicted molar refractivity (Wildman–Crippen MR) is 116 cm³/mol. The van der Waals surface area contributed by atoms with Crippen molar-refractivity contribution in [2.24, 2.45) is 5.92 Å². The quantitative estimate of drug-likeness (QED) is 0.656. The summed E-state index contributed by atoms with van der Waals surface area (Å²) in [7, 11) is 1.63. The number of likely N-dealkylation sites (tertiary alicyclic amines) is 1. The van der Waals surface area contributed by atoms with E-state index < -0.39 is 0 Å². The molecule has 0 unspecified atom stereocenters. The normalized spacial score (nSPS) is 14.6. The van der Waals surface area contributed by atoms with Gasteiger partial charge in [-0.1, -0.05) is 6.07 Å². The average Bonchev–Trinajstić information content (AvgIpc) is 3.46. The molecule has 1 fully saturated rings. The number of methoxy groups -OCH3 is 1. The van der Waals surface area contributed by atoms with E-state index in [-0.39, 0.29) is 17.7 Å². The number of nitrogens with zero attached hydrogens (tertiary/aromatic N) is 2. The topological polar surface area (TPSA) is 71.5 Å². The lowest BCUT2D eigenvalue weighted by Crippen LogP contribution is -2.41. The number of anilines is 1. The van der Waals surface area contributed by atoms with Crippen molar-refractivity contribution >= 4 is 39.6 Å². The van der Waals surface area contributed by atoms with Crippen molar-refractivity contribution in [1.82, 2.24) is 9.88 Å². The van der Waals surface area contributed by atoms with Gasteiger partial charge in [-0.05, 0) is 48.6 Å². The van der Waals surface area contributed by atoms with Crippen molar-refractivity contribution in [2.75, 3.05) is 25.5 Å². The Hall–Kier alpha value is -2.71. The van der Waals surface area contributed by atoms with Crippen LogP contribution in [0.3, 0.4) is 0 Å². The van der Waals surface area contributed by atoms with E-state index in [1.165, 1.54) is 22.7 Å². The molecule has 1 aliphatic heterocycles. The van der Waals surface area contributed by atoms with Gasteiger partial charge in [0.25, 0.3) is 5.91 Å². The fraction of sp³-hybridized carbons (Fsp3) is 0.286. The van der Waals surface area contributed by atoms with E-state index in [0.717, 1.165) is 21.9 Å². The molecular weight excluding hydrogens is 406 g/mol. The Morgan fingerprint density at radius 1 is 1.14 bits per heavy atom. The molecule has 0 radical (unpaired) electrons. The highest BCUT2D eigenvalue weighted by molar-refractivity contribution is 7.14. The van der Waals surface area contributed by atoms with Crippen molar-refractivity contribution in [1.29, 1.82) is 0 Å². The number of thiophene rings is 1. The summed E-state index contributed by atoms with van der Waals surface area (Å²) in [5.74, 6) is 0.726. The monoisotopic (exact) mass is 427 g/mol. The molecule has 6 nitrogen and oxygen atoms in total. The molecule has 2 amide bonds. The molecule has 0 saturated carbocycles. The standard InChI is InChI=1S/C21H21N3O3S2/c1-27-16-6-4-14(5-7-16)17-13-29-21(22-17)23-19(25)15-8-10-24(11-9-15)20(26)18-3-2-12-28-18/h2-7,12-13,15H,8-11H2,1H3,(H,22,23,25). The fourth-order valence-electron chi connectivity index (χ4n) is 3.33. The molecule has 3 heterocycles. The van der Waals surface area contributed by atoms with Crippen molar-refractivity contribution in [2.45, 2.75) is 12.8 Å². The maximum Gasteiger partial charge on any atom is 0.263 e. The van der Waals surface area contributed by atoms with Crippen LogP contribution in [-0.2, 0) is 4.79 Å². The molecule has 1 saturated heterocycles. The van der Waals surface area contributed by atoms with Crippen molar-refractivity contribution < 1.29 is 14.3 Å². The van der Waals surface area contributed by atoms with Crippen LogP contribution in [-0.4, -0.2) is 41.9 Å². The average molecular weight is 428 g/mol. The maximum atomic E-state index is 12.6. The van der Waals surface area contributed by atoms with E-state index >= 15 is 0 Å². The molecule has 0 spiro atoms. The van der Waals surface area contributed by atoms with E-state index in [2.05, 4.69) is 10.3 Å². The Bertz CT molecular complexity index is 975. The first kappa shape index (κ1) is 19.6. The Kier molecular flexibility index (Phi) is 5.92. The van der Waals surface area contributed by atoms with Gasteiger partial charge in [-0.15, -0.1) is 22.7 Å². The van der Waals surface area contributed by atoms with E-state index in [4.69, 9.17) is 4.74 Å². The fourth-order valence-corrected chi connectivity index (χ4v) is 4.75. The summed E-state index contributed by atoms with van der Waals surface area (Å²) in [6.45, 7) is 1.20. The van der Waals surface area contributed by atoms with Gasteiger partial charge >= 0.3 is 0 Å². The van der Waals surface area contributed by atoms with Gasteiger partial charge in [-0.2, -0.15) is 0 Å². The summed E-state index contributed by atoms with van der Waals surface area (Å²) in [5, 5.41) is 7.37. The number of piperidine rings is 1. The molecule has 2 aromatic heterocycles. The number of carbonyl (C=O) groups is 2. The molecule has 0 aliphatic carbocycles. The number of benzene rings is 1. The van der Waals surface area contributed by atoms with Gasteiger partial charge in [-0.3, -0.25) is 9.59 Å². The van der Waals surface area contributed by atoms with Crippen molar-refractivity contribution in [3.63, 3.8) is 0 Å². The molecule has 1 aliphatic rings. The molecular formula is C21H21N3O3S2. The number of rotatable bonds is 5. The SMILES string of the molecule is COc1ccc(-c2csc(NC(=O)C3CCN(C(=O)c4cccs4)CC3)n2)cc1. The van der Waals surface area contributed by atoms with Crippen LogP contribution in [0, 0.1) is 5.92 Å². The van der Waals surface area contributed by atoms with Crippen LogP contribution < -0.4 is 10.1 Å². The Labute approximate surface area is 177 Å². The number of aromatic nitrogens is 1. The molecule has 29 heavy (non-hydrogen) atoms. The molecule has 1 N–H and O–H groups in total. The minimum absolute atomic E-state index is 0.0242. The highest BCUT2D eigenvalue weighted by Crippen LogP contribution is 2.28. The Morgan fingerprint density at radius 3 is 2.55 bits per heavy atom. The van der Waals surface area contributed by atoms with E-state index in [0.29, 0.717) is 31.1 Å². The third kappa shape index (κ3) is 4.49. The van der Waals surface area contributed by atoms with Crippen molar-refractivity contribution in [3.8, 4) is 17.0 Å². The highest BCUT2D eigenvalue weighted by atomic mass is 32.1. The second kappa shape index (κ2) is 8.75. The molecule has 1 aromatic carbocycles. The molecule has 8 heteroatoms. The lowest BCUT2D eigenvalue weighted by atomic mass is 9.96. The Morgan fingerprint density at radius 2 is 1.90 bits per heavy atom. The number of nitrogens with one attached hydrogen (secondary N) is 1.